The van der Waals surface area contributed by atoms with E-state index in [0.29, 0.717) is 5.46 Å². The number of benzene rings is 3. The minimum absolute atomic E-state index is 0.0409. The van der Waals surface area contributed by atoms with Gasteiger partial charge in [0.2, 0.25) is 0 Å². The van der Waals surface area contributed by atoms with E-state index in [1.165, 1.54) is 27.8 Å². The van der Waals surface area contributed by atoms with E-state index in [9.17, 15) is 10.0 Å². The molecule has 1 aliphatic rings. The Kier molecular flexibility index (Phi) is 3.60. The average molecular weight is 328 g/mol. The summed E-state index contributed by atoms with van der Waals surface area (Å²) in [4.78, 5) is 0. The van der Waals surface area contributed by atoms with Crippen molar-refractivity contribution in [2.24, 2.45) is 0 Å². The Balaban J connectivity index is 1.86. The fraction of sp³-hybridized carbons (Fsp3) is 0.182. The second-order valence-electron chi connectivity index (χ2n) is 7.43. The Morgan fingerprint density at radius 3 is 2.12 bits per heavy atom. The molecule has 124 valence electrons. The normalized spacial score (nSPS) is 14.1. The average Bonchev–Trinajstić information content (AvgIpc) is 2.82. The van der Waals surface area contributed by atoms with Crippen LogP contribution in [0.15, 0.2) is 60.7 Å². The second-order valence-corrected chi connectivity index (χ2v) is 7.43. The van der Waals surface area contributed by atoms with Crippen molar-refractivity contribution in [1.29, 1.82) is 0 Å². The van der Waals surface area contributed by atoms with Crippen LogP contribution in [0.25, 0.3) is 22.3 Å². The van der Waals surface area contributed by atoms with Gasteiger partial charge in [-0.3, -0.25) is 0 Å². The van der Waals surface area contributed by atoms with Crippen molar-refractivity contribution >= 4 is 12.6 Å². The van der Waals surface area contributed by atoms with Gasteiger partial charge in [0.15, 0.2) is 0 Å². The Morgan fingerprint density at radius 1 is 0.760 bits per heavy atom. The first kappa shape index (κ1) is 16.1. The van der Waals surface area contributed by atoms with Crippen molar-refractivity contribution in [1.82, 2.24) is 0 Å². The monoisotopic (exact) mass is 328 g/mol. The number of aryl methyl sites for hydroxylation is 1. The largest absolute Gasteiger partial charge is 0.488 e. The first-order valence-corrected chi connectivity index (χ1v) is 8.60. The molecule has 0 spiro atoms. The quantitative estimate of drug-likeness (QED) is 0.705. The lowest BCUT2D eigenvalue weighted by atomic mass is 9.78. The number of hydrogen-bond acceptors (Lipinski definition) is 2. The highest BCUT2D eigenvalue weighted by atomic mass is 16.4. The molecule has 0 aliphatic heterocycles. The molecule has 2 nitrogen and oxygen atoms in total. The van der Waals surface area contributed by atoms with Crippen LogP contribution < -0.4 is 5.46 Å². The van der Waals surface area contributed by atoms with Gasteiger partial charge < -0.3 is 10.0 Å². The smallest absolute Gasteiger partial charge is 0.423 e. The fourth-order valence-electron chi connectivity index (χ4n) is 3.91. The summed E-state index contributed by atoms with van der Waals surface area (Å²) in [6.45, 7) is 6.68. The molecule has 0 heterocycles. The van der Waals surface area contributed by atoms with E-state index in [0.717, 1.165) is 11.1 Å². The van der Waals surface area contributed by atoms with Crippen molar-refractivity contribution in [2.75, 3.05) is 0 Å². The van der Waals surface area contributed by atoms with Crippen LogP contribution in [0.1, 0.15) is 30.5 Å². The van der Waals surface area contributed by atoms with Gasteiger partial charge in [-0.2, -0.15) is 0 Å². The van der Waals surface area contributed by atoms with Gasteiger partial charge >= 0.3 is 7.12 Å². The maximum atomic E-state index is 9.43. The fourth-order valence-corrected chi connectivity index (χ4v) is 3.91. The van der Waals surface area contributed by atoms with Crippen LogP contribution in [0.2, 0.25) is 0 Å². The summed E-state index contributed by atoms with van der Waals surface area (Å²) in [5.41, 5.74) is 9.15. The van der Waals surface area contributed by atoms with E-state index >= 15 is 0 Å². The predicted molar refractivity (Wildman–Crippen MR) is 104 cm³/mol. The highest BCUT2D eigenvalue weighted by molar-refractivity contribution is 6.58. The molecule has 3 aromatic carbocycles. The van der Waals surface area contributed by atoms with Crippen LogP contribution in [0.3, 0.4) is 0 Å². The molecule has 4 rings (SSSR count). The summed E-state index contributed by atoms with van der Waals surface area (Å²) in [6, 6.07) is 20.7. The Bertz CT molecular complexity index is 974. The maximum Gasteiger partial charge on any atom is 0.488 e. The number of fused-ring (bicyclic) bond motifs is 3. The van der Waals surface area contributed by atoms with E-state index in [1.807, 2.05) is 18.2 Å². The third kappa shape index (κ3) is 2.51. The molecule has 0 atom stereocenters. The van der Waals surface area contributed by atoms with Crippen LogP contribution >= 0.6 is 0 Å². The highest BCUT2D eigenvalue weighted by Gasteiger charge is 2.35. The molecule has 0 aromatic heterocycles. The molecule has 25 heavy (non-hydrogen) atoms. The van der Waals surface area contributed by atoms with Gasteiger partial charge in [-0.05, 0) is 51.8 Å². The lowest BCUT2D eigenvalue weighted by Gasteiger charge is -2.22. The summed E-state index contributed by atoms with van der Waals surface area (Å²) < 4.78 is 0. The van der Waals surface area contributed by atoms with Crippen molar-refractivity contribution in [2.45, 2.75) is 26.2 Å². The van der Waals surface area contributed by atoms with Crippen molar-refractivity contribution in [3.63, 3.8) is 0 Å². The Hall–Kier alpha value is -2.36. The lowest BCUT2D eigenvalue weighted by molar-refractivity contribution is 0.426. The van der Waals surface area contributed by atoms with E-state index < -0.39 is 7.12 Å². The van der Waals surface area contributed by atoms with Gasteiger partial charge in [0.25, 0.3) is 0 Å². The zero-order valence-corrected chi connectivity index (χ0v) is 14.7. The molecule has 0 fully saturated rings. The molecule has 0 saturated carbocycles. The van der Waals surface area contributed by atoms with Gasteiger partial charge in [0.05, 0.1) is 0 Å². The second kappa shape index (κ2) is 5.58. The number of rotatable bonds is 2. The molecule has 0 saturated heterocycles. The van der Waals surface area contributed by atoms with Crippen LogP contribution in [0.5, 0.6) is 0 Å². The minimum Gasteiger partial charge on any atom is -0.423 e. The molecule has 0 bridgehead atoms. The zero-order valence-electron chi connectivity index (χ0n) is 14.7. The highest BCUT2D eigenvalue weighted by Crippen LogP contribution is 2.49. The third-order valence-electron chi connectivity index (χ3n) is 5.35. The summed E-state index contributed by atoms with van der Waals surface area (Å²) in [5.74, 6) is 0. The summed E-state index contributed by atoms with van der Waals surface area (Å²) >= 11 is 0. The van der Waals surface area contributed by atoms with Crippen molar-refractivity contribution < 1.29 is 10.0 Å². The van der Waals surface area contributed by atoms with E-state index in [-0.39, 0.29) is 5.41 Å². The van der Waals surface area contributed by atoms with Crippen molar-refractivity contribution in [3.8, 4) is 22.3 Å². The molecule has 2 N–H and O–H groups in total. The van der Waals surface area contributed by atoms with Gasteiger partial charge in [-0.25, -0.2) is 0 Å². The third-order valence-corrected chi connectivity index (χ3v) is 5.35. The Morgan fingerprint density at radius 2 is 1.40 bits per heavy atom. The van der Waals surface area contributed by atoms with Crippen LogP contribution in [-0.4, -0.2) is 17.2 Å². The van der Waals surface area contributed by atoms with Gasteiger partial charge in [-0.15, -0.1) is 0 Å². The first-order chi connectivity index (χ1) is 11.9. The van der Waals surface area contributed by atoms with E-state index in [1.54, 1.807) is 6.07 Å². The standard InChI is InChI=1S/C22H21BO2/c1-14-7-9-18-19-10-8-16(13-21(19)22(2,3)20(18)11-14)15-5-4-6-17(12-15)23(24)25/h4-13,24-25H,1-3H3. The van der Waals surface area contributed by atoms with E-state index in [2.05, 4.69) is 57.2 Å². The molecule has 3 aromatic rings. The molecule has 0 radical (unpaired) electrons. The minimum atomic E-state index is -1.45. The molecule has 0 unspecified atom stereocenters. The summed E-state index contributed by atoms with van der Waals surface area (Å²) in [6.07, 6.45) is 0. The molecular formula is C22H21BO2. The van der Waals surface area contributed by atoms with Gasteiger partial charge in [-0.1, -0.05) is 74.0 Å². The van der Waals surface area contributed by atoms with Crippen molar-refractivity contribution in [3.05, 3.63) is 77.4 Å². The predicted octanol–water partition coefficient (Wildman–Crippen LogP) is 3.65. The number of hydrogen-bond donors (Lipinski definition) is 2. The van der Waals surface area contributed by atoms with Crippen LogP contribution in [-0.2, 0) is 5.41 Å². The molecular weight excluding hydrogens is 307 g/mol. The first-order valence-electron chi connectivity index (χ1n) is 8.60. The molecule has 0 amide bonds. The molecule has 1 aliphatic carbocycles. The Labute approximate surface area is 148 Å². The summed E-state index contributed by atoms with van der Waals surface area (Å²) in [5, 5.41) is 18.9. The lowest BCUT2D eigenvalue weighted by Crippen LogP contribution is -2.29. The van der Waals surface area contributed by atoms with Crippen LogP contribution in [0.4, 0.5) is 0 Å². The maximum absolute atomic E-state index is 9.43. The molecule has 3 heteroatoms. The van der Waals surface area contributed by atoms with Gasteiger partial charge in [0.1, 0.15) is 0 Å². The SMILES string of the molecule is Cc1ccc2c(c1)C(C)(C)c1cc(-c3cccc(B(O)O)c3)ccc1-2. The van der Waals surface area contributed by atoms with Crippen LogP contribution in [0, 0.1) is 6.92 Å². The van der Waals surface area contributed by atoms with Gasteiger partial charge in [0, 0.05) is 5.41 Å². The summed E-state index contributed by atoms with van der Waals surface area (Å²) in [7, 11) is -1.45. The zero-order chi connectivity index (χ0) is 17.8. The van der Waals surface area contributed by atoms with E-state index in [4.69, 9.17) is 0 Å². The topological polar surface area (TPSA) is 40.5 Å².